The maximum absolute atomic E-state index is 12.3. The Balaban J connectivity index is 0.00000544. The van der Waals surface area contributed by atoms with Gasteiger partial charge in [0.1, 0.15) is 12.4 Å². The van der Waals surface area contributed by atoms with Crippen molar-refractivity contribution in [3.63, 3.8) is 0 Å². The number of hydrogen-bond donors (Lipinski definition) is 3. The van der Waals surface area contributed by atoms with Gasteiger partial charge in [-0.05, 0) is 50.6 Å². The van der Waals surface area contributed by atoms with Gasteiger partial charge in [-0.25, -0.2) is 4.99 Å². The predicted octanol–water partition coefficient (Wildman–Crippen LogP) is 3.70. The Bertz CT molecular complexity index is 957. The zero-order valence-corrected chi connectivity index (χ0v) is 21.8. The van der Waals surface area contributed by atoms with E-state index in [1.165, 1.54) is 0 Å². The Hall–Kier alpha value is -2.77. The van der Waals surface area contributed by atoms with E-state index < -0.39 is 0 Å². The SMILES string of the molecule is C#Cc1cccc(NC(=O)CNC(=NCc2ccc(C)cc2OCCOCC)NCC)c1.I. The average Bonchev–Trinajstić information content (AvgIpc) is 2.79. The number of nitrogens with one attached hydrogen (secondary N) is 3. The molecular formula is C25H33IN4O3. The van der Waals surface area contributed by atoms with Crippen LogP contribution in [0.2, 0.25) is 0 Å². The van der Waals surface area contributed by atoms with Crippen LogP contribution in [-0.4, -0.2) is 44.8 Å². The van der Waals surface area contributed by atoms with Crippen LogP contribution < -0.4 is 20.7 Å². The summed E-state index contributed by atoms with van der Waals surface area (Å²) in [5.41, 5.74) is 3.44. The normalized spacial score (nSPS) is 10.5. The van der Waals surface area contributed by atoms with Crippen molar-refractivity contribution < 1.29 is 14.3 Å². The molecule has 0 atom stereocenters. The molecule has 0 aromatic heterocycles. The zero-order chi connectivity index (χ0) is 23.2. The molecule has 2 aromatic carbocycles. The van der Waals surface area contributed by atoms with Gasteiger partial charge in [0.05, 0.1) is 19.7 Å². The third-order valence-corrected chi connectivity index (χ3v) is 4.39. The average molecular weight is 564 g/mol. The van der Waals surface area contributed by atoms with Crippen molar-refractivity contribution in [3.05, 3.63) is 59.2 Å². The number of halogens is 1. The summed E-state index contributed by atoms with van der Waals surface area (Å²) in [6.45, 7) is 8.77. The summed E-state index contributed by atoms with van der Waals surface area (Å²) >= 11 is 0. The molecular weight excluding hydrogens is 531 g/mol. The largest absolute Gasteiger partial charge is 0.491 e. The molecule has 8 heteroatoms. The Morgan fingerprint density at radius 1 is 1.12 bits per heavy atom. The summed E-state index contributed by atoms with van der Waals surface area (Å²) in [5.74, 6) is 3.69. The Kier molecular flexibility index (Phi) is 13.7. The monoisotopic (exact) mass is 564 g/mol. The van der Waals surface area contributed by atoms with E-state index in [9.17, 15) is 4.79 Å². The standard InChI is InChI=1S/C25H32N4O3.HI/c1-5-20-9-8-10-22(16-20)29-24(30)18-28-25(26-6-2)27-17-21-12-11-19(4)15-23(21)32-14-13-31-7-3;/h1,8-12,15-16H,6-7,13-14,17-18H2,2-4H3,(H,29,30)(H2,26,27,28);1H. The highest BCUT2D eigenvalue weighted by Crippen LogP contribution is 2.21. The fraction of sp³-hybridized carbons (Fsp3) is 0.360. The molecule has 178 valence electrons. The van der Waals surface area contributed by atoms with Crippen molar-refractivity contribution in [2.75, 3.05) is 38.2 Å². The summed E-state index contributed by atoms with van der Waals surface area (Å²) in [5, 5.41) is 9.03. The van der Waals surface area contributed by atoms with E-state index in [1.807, 2.05) is 45.0 Å². The van der Waals surface area contributed by atoms with E-state index in [0.717, 1.165) is 16.9 Å². The van der Waals surface area contributed by atoms with Gasteiger partial charge >= 0.3 is 0 Å². The minimum Gasteiger partial charge on any atom is -0.491 e. The molecule has 0 aliphatic carbocycles. The van der Waals surface area contributed by atoms with Crippen LogP contribution in [0, 0.1) is 19.3 Å². The van der Waals surface area contributed by atoms with Crippen molar-refractivity contribution in [2.24, 2.45) is 4.99 Å². The van der Waals surface area contributed by atoms with Gasteiger partial charge in [0.2, 0.25) is 5.91 Å². The quantitative estimate of drug-likeness (QED) is 0.128. The number of guanidine groups is 1. The molecule has 0 heterocycles. The number of amides is 1. The van der Waals surface area contributed by atoms with Gasteiger partial charge in [0.25, 0.3) is 0 Å². The molecule has 0 radical (unpaired) electrons. The first kappa shape index (κ1) is 28.3. The summed E-state index contributed by atoms with van der Waals surface area (Å²) in [6.07, 6.45) is 5.41. The second kappa shape index (κ2) is 15.9. The van der Waals surface area contributed by atoms with Crippen LogP contribution in [0.3, 0.4) is 0 Å². The van der Waals surface area contributed by atoms with Gasteiger partial charge in [0.15, 0.2) is 5.96 Å². The molecule has 7 nitrogen and oxygen atoms in total. The van der Waals surface area contributed by atoms with Crippen LogP contribution in [0.15, 0.2) is 47.5 Å². The minimum atomic E-state index is -0.194. The van der Waals surface area contributed by atoms with Crippen molar-refractivity contribution in [3.8, 4) is 18.1 Å². The van der Waals surface area contributed by atoms with Crippen LogP contribution >= 0.6 is 24.0 Å². The van der Waals surface area contributed by atoms with Gasteiger partial charge in [-0.2, -0.15) is 0 Å². The molecule has 0 saturated heterocycles. The zero-order valence-electron chi connectivity index (χ0n) is 19.4. The molecule has 0 aliphatic heterocycles. The van der Waals surface area contributed by atoms with E-state index in [-0.39, 0.29) is 36.4 Å². The molecule has 1 amide bonds. The second-order valence-electron chi connectivity index (χ2n) is 6.98. The number of ether oxygens (including phenoxy) is 2. The molecule has 2 aromatic rings. The van der Waals surface area contributed by atoms with Crippen LogP contribution in [0.4, 0.5) is 5.69 Å². The fourth-order valence-corrected chi connectivity index (χ4v) is 2.84. The lowest BCUT2D eigenvalue weighted by Crippen LogP contribution is -2.41. The van der Waals surface area contributed by atoms with Crippen LogP contribution in [0.1, 0.15) is 30.5 Å². The van der Waals surface area contributed by atoms with Crippen LogP contribution in [0.5, 0.6) is 5.75 Å². The van der Waals surface area contributed by atoms with E-state index in [1.54, 1.807) is 18.2 Å². The minimum absolute atomic E-state index is 0. The van der Waals surface area contributed by atoms with Gasteiger partial charge < -0.3 is 25.4 Å². The molecule has 0 bridgehead atoms. The van der Waals surface area contributed by atoms with Crippen molar-refractivity contribution in [1.29, 1.82) is 0 Å². The Labute approximate surface area is 213 Å². The first-order chi connectivity index (χ1) is 15.5. The number of carbonyl (C=O) groups is 1. The number of benzene rings is 2. The number of anilines is 1. The number of terminal acetylenes is 1. The van der Waals surface area contributed by atoms with Crippen molar-refractivity contribution >= 4 is 41.5 Å². The first-order valence-corrected chi connectivity index (χ1v) is 10.7. The number of aliphatic imine (C=N–C) groups is 1. The molecule has 0 fully saturated rings. The Morgan fingerprint density at radius 3 is 2.67 bits per heavy atom. The number of nitrogens with zero attached hydrogens (tertiary/aromatic N) is 1. The smallest absolute Gasteiger partial charge is 0.243 e. The maximum atomic E-state index is 12.3. The number of hydrogen-bond acceptors (Lipinski definition) is 4. The topological polar surface area (TPSA) is 84.0 Å². The van der Waals surface area contributed by atoms with Crippen LogP contribution in [-0.2, 0) is 16.1 Å². The van der Waals surface area contributed by atoms with Crippen molar-refractivity contribution in [2.45, 2.75) is 27.3 Å². The fourth-order valence-electron chi connectivity index (χ4n) is 2.84. The lowest BCUT2D eigenvalue weighted by atomic mass is 10.1. The number of aryl methyl sites for hydroxylation is 1. The number of rotatable bonds is 11. The Morgan fingerprint density at radius 2 is 1.94 bits per heavy atom. The lowest BCUT2D eigenvalue weighted by Gasteiger charge is -2.14. The van der Waals surface area contributed by atoms with E-state index in [2.05, 4.69) is 26.9 Å². The molecule has 33 heavy (non-hydrogen) atoms. The van der Waals surface area contributed by atoms with Gasteiger partial charge in [-0.3, -0.25) is 4.79 Å². The van der Waals surface area contributed by atoms with E-state index in [0.29, 0.717) is 50.1 Å². The highest BCUT2D eigenvalue weighted by atomic mass is 127. The highest BCUT2D eigenvalue weighted by Gasteiger charge is 2.07. The van der Waals surface area contributed by atoms with Gasteiger partial charge in [-0.15, -0.1) is 30.4 Å². The number of carbonyl (C=O) groups excluding carboxylic acids is 1. The van der Waals surface area contributed by atoms with E-state index in [4.69, 9.17) is 15.9 Å². The van der Waals surface area contributed by atoms with Crippen LogP contribution in [0.25, 0.3) is 0 Å². The summed E-state index contributed by atoms with van der Waals surface area (Å²) in [6, 6.07) is 13.2. The van der Waals surface area contributed by atoms with Gasteiger partial charge in [-0.1, -0.05) is 24.1 Å². The molecule has 0 saturated carbocycles. The second-order valence-corrected chi connectivity index (χ2v) is 6.98. The first-order valence-electron chi connectivity index (χ1n) is 10.7. The molecule has 2 rings (SSSR count). The van der Waals surface area contributed by atoms with Crippen molar-refractivity contribution in [1.82, 2.24) is 10.6 Å². The molecule has 0 spiro atoms. The third kappa shape index (κ3) is 10.6. The predicted molar refractivity (Wildman–Crippen MR) is 144 cm³/mol. The molecule has 0 unspecified atom stereocenters. The van der Waals surface area contributed by atoms with Gasteiger partial charge in [0, 0.05) is 30.0 Å². The third-order valence-electron chi connectivity index (χ3n) is 4.39. The maximum Gasteiger partial charge on any atom is 0.243 e. The summed E-state index contributed by atoms with van der Waals surface area (Å²) in [7, 11) is 0. The highest BCUT2D eigenvalue weighted by molar-refractivity contribution is 14.0. The summed E-state index contributed by atoms with van der Waals surface area (Å²) in [4.78, 5) is 16.9. The molecule has 0 aliphatic rings. The molecule has 3 N–H and O–H groups in total. The summed E-state index contributed by atoms with van der Waals surface area (Å²) < 4.78 is 11.2. The van der Waals surface area contributed by atoms with E-state index >= 15 is 0 Å². The lowest BCUT2D eigenvalue weighted by molar-refractivity contribution is -0.115.